The Labute approximate surface area is 344 Å². The van der Waals surface area contributed by atoms with Crippen LogP contribution in [-0.2, 0) is 33.3 Å². The van der Waals surface area contributed by atoms with Gasteiger partial charge in [0, 0.05) is 37.2 Å². The second kappa shape index (κ2) is 22.8. The molecule has 0 spiro atoms. The summed E-state index contributed by atoms with van der Waals surface area (Å²) in [5.74, 6) is -1.09. The Balaban J connectivity index is 1.29. The highest BCUT2D eigenvalue weighted by molar-refractivity contribution is 5.82. The molecular weight excluding hydrogens is 741 g/mol. The Morgan fingerprint density at radius 2 is 1.53 bits per heavy atom. The molecule has 3 saturated heterocycles. The third-order valence-corrected chi connectivity index (χ3v) is 12.0. The summed E-state index contributed by atoms with van der Waals surface area (Å²) in [7, 11) is 0. The highest BCUT2D eigenvalue weighted by Crippen LogP contribution is 2.38. The number of carboxylic acid groups (broad SMARTS) is 1. The highest BCUT2D eigenvalue weighted by Gasteiger charge is 2.45. The molecule has 11 heteroatoms. The van der Waals surface area contributed by atoms with E-state index >= 15 is 0 Å². The fraction of sp³-hybridized carbons (Fsp3) is 0.617. The standard InChI is InChI=1S/C47H66O11/c1-30(17-14-15-23-44(50)51)27-31(2)47-40-26-25-34(54-47)18-10-6-5-7-11-19-35(48)46(53)43-28-36(49)32(3)37(56-43)21-16-22-38-33(4)41-29-42(55-38)39(57-41)20-12-8-9-13-24-45(52)58-40/h6,8-13,16,19-20,22,24-27,30,32-43,46-49,53H,5,7,14-15,17-18,21,23,28-29H2,1-4H3,(H,50,51)/b9-8-,10-6+,19-11+,20-12+,22-16+,24-13-,31-27+/t30-,32+,33+,34+,35+,36-,37-,38+,39-,40-,41-,42-,43-,46+,47+/m1/s1. The van der Waals surface area contributed by atoms with E-state index < -0.39 is 48.6 Å². The van der Waals surface area contributed by atoms with Gasteiger partial charge in [0.1, 0.15) is 24.4 Å². The summed E-state index contributed by atoms with van der Waals surface area (Å²) >= 11 is 0. The van der Waals surface area contributed by atoms with Crippen LogP contribution in [0.3, 0.4) is 0 Å². The van der Waals surface area contributed by atoms with Gasteiger partial charge in [0.2, 0.25) is 0 Å². The van der Waals surface area contributed by atoms with Crippen molar-refractivity contribution in [1.82, 2.24) is 0 Å². The van der Waals surface area contributed by atoms with E-state index in [4.69, 9.17) is 28.8 Å². The molecule has 15 atom stereocenters. The number of fused-ring (bicyclic) bond motifs is 13. The van der Waals surface area contributed by atoms with Crippen LogP contribution in [0, 0.1) is 17.8 Å². The van der Waals surface area contributed by atoms with Gasteiger partial charge in [-0.3, -0.25) is 4.79 Å². The number of ether oxygens (including phenoxy) is 5. The predicted octanol–water partition coefficient (Wildman–Crippen LogP) is 6.80. The molecule has 11 nitrogen and oxygen atoms in total. The van der Waals surface area contributed by atoms with Gasteiger partial charge in [-0.1, -0.05) is 106 Å². The minimum absolute atomic E-state index is 0.0508. The number of aliphatic carboxylic acids is 1. The zero-order valence-corrected chi connectivity index (χ0v) is 34.5. The zero-order chi connectivity index (χ0) is 41.6. The highest BCUT2D eigenvalue weighted by atomic mass is 16.6. The van der Waals surface area contributed by atoms with E-state index in [1.807, 2.05) is 62.5 Å². The molecule has 3 fully saturated rings. The van der Waals surface area contributed by atoms with Crippen molar-refractivity contribution >= 4 is 11.9 Å². The number of carboxylic acids is 1. The van der Waals surface area contributed by atoms with Crippen LogP contribution < -0.4 is 0 Å². The molecule has 0 radical (unpaired) electrons. The largest absolute Gasteiger partial charge is 0.481 e. The van der Waals surface area contributed by atoms with Gasteiger partial charge in [-0.25, -0.2) is 4.79 Å². The number of carbonyl (C=O) groups is 2. The molecule has 7 bridgehead atoms. The van der Waals surface area contributed by atoms with Gasteiger partial charge in [-0.05, 0) is 63.0 Å². The number of esters is 1. The Morgan fingerprint density at radius 3 is 2.34 bits per heavy atom. The van der Waals surface area contributed by atoms with Gasteiger partial charge in [-0.2, -0.15) is 0 Å². The minimum Gasteiger partial charge on any atom is -0.481 e. The normalized spacial score (nSPS) is 41.7. The molecule has 58 heavy (non-hydrogen) atoms. The smallest absolute Gasteiger partial charge is 0.331 e. The summed E-state index contributed by atoms with van der Waals surface area (Å²) < 4.78 is 31.5. The van der Waals surface area contributed by atoms with Crippen LogP contribution in [0.1, 0.15) is 91.9 Å². The summed E-state index contributed by atoms with van der Waals surface area (Å²) in [5.41, 5.74) is 0.945. The van der Waals surface area contributed by atoms with E-state index in [9.17, 15) is 24.9 Å². The van der Waals surface area contributed by atoms with Crippen molar-refractivity contribution in [3.63, 3.8) is 0 Å². The average Bonchev–Trinajstić information content (AvgIpc) is 3.54. The van der Waals surface area contributed by atoms with E-state index in [1.165, 1.54) is 6.08 Å². The first-order valence-electron chi connectivity index (χ1n) is 21.3. The Bertz CT molecular complexity index is 1570. The van der Waals surface area contributed by atoms with Crippen LogP contribution in [0.15, 0.2) is 96.7 Å². The van der Waals surface area contributed by atoms with Crippen LogP contribution in [-0.4, -0.2) is 106 Å². The quantitative estimate of drug-likeness (QED) is 0.122. The number of carbonyl (C=O) groups excluding carboxylic acids is 1. The van der Waals surface area contributed by atoms with Gasteiger partial charge >= 0.3 is 11.9 Å². The minimum atomic E-state index is -1.18. The molecule has 6 aliphatic heterocycles. The maximum Gasteiger partial charge on any atom is 0.331 e. The van der Waals surface area contributed by atoms with E-state index in [1.54, 1.807) is 18.2 Å². The first-order chi connectivity index (χ1) is 27.9. The van der Waals surface area contributed by atoms with Crippen molar-refractivity contribution in [1.29, 1.82) is 0 Å². The fourth-order valence-corrected chi connectivity index (χ4v) is 8.38. The Morgan fingerprint density at radius 1 is 0.759 bits per heavy atom. The lowest BCUT2D eigenvalue weighted by Gasteiger charge is -2.40. The van der Waals surface area contributed by atoms with Crippen molar-refractivity contribution in [3.05, 3.63) is 96.7 Å². The topological polar surface area (TPSA) is 161 Å². The van der Waals surface area contributed by atoms with Crippen molar-refractivity contribution in [2.45, 2.75) is 165 Å². The van der Waals surface area contributed by atoms with Gasteiger partial charge < -0.3 is 44.1 Å². The number of hydrogen-bond donors (Lipinski definition) is 4. The summed E-state index contributed by atoms with van der Waals surface area (Å²) in [6, 6.07) is 0. The molecule has 0 aromatic heterocycles. The van der Waals surface area contributed by atoms with E-state index in [0.717, 1.165) is 31.3 Å². The number of rotatable bonds is 7. The van der Waals surface area contributed by atoms with Crippen molar-refractivity contribution < 1.29 is 53.7 Å². The monoisotopic (exact) mass is 806 g/mol. The molecule has 6 rings (SSSR count). The lowest BCUT2D eigenvalue weighted by molar-refractivity contribution is -0.175. The summed E-state index contributed by atoms with van der Waals surface area (Å²) in [5, 5.41) is 41.7. The van der Waals surface area contributed by atoms with Gasteiger partial charge in [-0.15, -0.1) is 0 Å². The molecule has 320 valence electrons. The molecule has 0 saturated carbocycles. The number of unbranched alkanes of at least 4 members (excludes halogenated alkanes) is 1. The van der Waals surface area contributed by atoms with Crippen molar-refractivity contribution in [2.24, 2.45) is 17.8 Å². The number of allylic oxidation sites excluding steroid dienone is 7. The first kappa shape index (κ1) is 45.7. The van der Waals surface area contributed by atoms with Crippen LogP contribution in [0.25, 0.3) is 0 Å². The van der Waals surface area contributed by atoms with Gasteiger partial charge in [0.05, 0.1) is 42.7 Å². The molecular formula is C47H66O11. The Hall–Kier alpha value is -3.42. The van der Waals surface area contributed by atoms with Gasteiger partial charge in [0.15, 0.2) is 6.10 Å². The van der Waals surface area contributed by atoms with E-state index in [-0.39, 0.29) is 67.2 Å². The maximum absolute atomic E-state index is 13.0. The van der Waals surface area contributed by atoms with Crippen LogP contribution in [0.2, 0.25) is 0 Å². The molecule has 4 N–H and O–H groups in total. The third kappa shape index (κ3) is 13.6. The molecule has 6 aliphatic rings. The summed E-state index contributed by atoms with van der Waals surface area (Å²) in [4.78, 5) is 23.9. The van der Waals surface area contributed by atoms with Crippen LogP contribution in [0.5, 0.6) is 0 Å². The summed E-state index contributed by atoms with van der Waals surface area (Å²) in [6.45, 7) is 8.15. The first-order valence-corrected chi connectivity index (χ1v) is 21.3. The second-order valence-corrected chi connectivity index (χ2v) is 16.6. The lowest BCUT2D eigenvalue weighted by Crippen LogP contribution is -2.50. The van der Waals surface area contributed by atoms with E-state index in [0.29, 0.717) is 25.7 Å². The van der Waals surface area contributed by atoms with E-state index in [2.05, 4.69) is 32.1 Å². The number of hydrogen-bond acceptors (Lipinski definition) is 10. The fourth-order valence-electron chi connectivity index (χ4n) is 8.38. The predicted molar refractivity (Wildman–Crippen MR) is 222 cm³/mol. The summed E-state index contributed by atoms with van der Waals surface area (Å²) in [6.07, 6.45) is 28.3. The number of aliphatic hydroxyl groups excluding tert-OH is 3. The van der Waals surface area contributed by atoms with Gasteiger partial charge in [0.25, 0.3) is 0 Å². The lowest BCUT2D eigenvalue weighted by atomic mass is 9.85. The average molecular weight is 807 g/mol. The number of aliphatic hydroxyl groups is 3. The third-order valence-electron chi connectivity index (χ3n) is 12.0. The Kier molecular flexibility index (Phi) is 18.0. The van der Waals surface area contributed by atoms with Crippen LogP contribution in [0.4, 0.5) is 0 Å². The molecule has 0 aromatic carbocycles. The second-order valence-electron chi connectivity index (χ2n) is 16.6. The van der Waals surface area contributed by atoms with Crippen LogP contribution >= 0.6 is 0 Å². The van der Waals surface area contributed by atoms with Crippen molar-refractivity contribution in [3.8, 4) is 0 Å². The molecule has 6 heterocycles. The molecule has 0 amide bonds. The van der Waals surface area contributed by atoms with Crippen molar-refractivity contribution in [2.75, 3.05) is 0 Å². The zero-order valence-electron chi connectivity index (χ0n) is 34.5. The molecule has 0 aromatic rings. The molecule has 0 aliphatic carbocycles. The molecule has 0 unspecified atom stereocenters. The SMILES string of the molecule is C/C(=C\[C@H](C)CCCCC(=O)O)[C@@H]1O[C@@H]2C=C[C@H]1OC(=O)\C=C/C=C\C=C\[C@H]1O[C@@H]3C[C@H]1O[C@@H](/C=C/C[C@H]1O[C@H](C[C@@H](O)[C@@H]1C)[C@@H](O)[C@@H](O)/C=C/CC/C=C/C2)[C@@H]3C. The maximum atomic E-state index is 13.0.